The van der Waals surface area contributed by atoms with E-state index in [1.165, 1.54) is 11.1 Å². The van der Waals surface area contributed by atoms with Gasteiger partial charge in [0.05, 0.1) is 0 Å². The summed E-state index contributed by atoms with van der Waals surface area (Å²) in [6, 6.07) is 0. The summed E-state index contributed by atoms with van der Waals surface area (Å²) in [6.45, 7) is 26.0. The van der Waals surface area contributed by atoms with E-state index in [0.717, 1.165) is 6.42 Å². The van der Waals surface area contributed by atoms with Gasteiger partial charge in [-0.1, -0.05) is 98.3 Å². The number of allylic oxidation sites excluding steroid dienone is 5. The van der Waals surface area contributed by atoms with E-state index >= 15 is 0 Å². The zero-order valence-electron chi connectivity index (χ0n) is 15.1. The Morgan fingerprint density at radius 1 is 0.833 bits per heavy atom. The molecule has 0 saturated heterocycles. The van der Waals surface area contributed by atoms with Gasteiger partial charge in [0.25, 0.3) is 0 Å². The Labute approximate surface area is 119 Å². The summed E-state index contributed by atoms with van der Waals surface area (Å²) in [4.78, 5) is 0. The molecule has 112 valence electrons. The molecule has 0 heterocycles. The number of hydrogen-bond acceptors (Lipinski definition) is 0. The maximum absolute atomic E-state index is 3.63. The van der Waals surface area contributed by atoms with Crippen molar-refractivity contribution in [2.75, 3.05) is 0 Å². The van der Waals surface area contributed by atoms with Gasteiger partial charge < -0.3 is 0 Å². The van der Waals surface area contributed by atoms with Crippen LogP contribution in [-0.2, 0) is 0 Å². The van der Waals surface area contributed by atoms with E-state index < -0.39 is 0 Å². The Morgan fingerprint density at radius 3 is 1.39 bits per heavy atom. The Hall–Kier alpha value is -0.780. The Morgan fingerprint density at radius 2 is 1.17 bits per heavy atom. The van der Waals surface area contributed by atoms with Crippen LogP contribution in [0.25, 0.3) is 0 Å². The molecule has 0 nitrogen and oxygen atoms in total. The van der Waals surface area contributed by atoms with Crippen LogP contribution in [0.15, 0.2) is 36.0 Å². The molecule has 0 atom stereocenters. The molecule has 0 saturated carbocycles. The van der Waals surface area contributed by atoms with Gasteiger partial charge >= 0.3 is 0 Å². The molecule has 0 aromatic carbocycles. The molecule has 0 bridgehead atoms. The van der Waals surface area contributed by atoms with Crippen molar-refractivity contribution in [1.29, 1.82) is 0 Å². The fourth-order valence-electron chi connectivity index (χ4n) is 0.725. The predicted molar refractivity (Wildman–Crippen MR) is 93.4 cm³/mol. The maximum atomic E-state index is 3.63. The molecule has 0 amide bonds. The minimum Gasteiger partial charge on any atom is -0.0991 e. The lowest BCUT2D eigenvalue weighted by atomic mass is 10.1. The zero-order chi connectivity index (χ0) is 16.0. The van der Waals surface area contributed by atoms with Crippen LogP contribution in [0.5, 0.6) is 0 Å². The van der Waals surface area contributed by atoms with Gasteiger partial charge in [-0.05, 0) is 20.3 Å². The highest BCUT2D eigenvalue weighted by molar-refractivity contribution is 5.23. The van der Waals surface area contributed by atoms with Gasteiger partial charge in [0, 0.05) is 0 Å². The van der Waals surface area contributed by atoms with Gasteiger partial charge in [0.15, 0.2) is 0 Å². The highest BCUT2D eigenvalue weighted by Gasteiger charge is 1.83. The van der Waals surface area contributed by atoms with Crippen LogP contribution >= 0.6 is 0 Å². The molecule has 0 unspecified atom stereocenters. The fraction of sp³-hybridized carbons (Fsp3) is 0.667. The molecule has 0 aromatic heterocycles. The van der Waals surface area contributed by atoms with E-state index in [-0.39, 0.29) is 0 Å². The van der Waals surface area contributed by atoms with Crippen LogP contribution in [0.4, 0.5) is 0 Å². The second-order valence-corrected chi connectivity index (χ2v) is 2.49. The monoisotopic (exact) mass is 256 g/mol. The normalized spacial score (nSPS) is 8.83. The summed E-state index contributed by atoms with van der Waals surface area (Å²) in [5.74, 6) is 0. The van der Waals surface area contributed by atoms with Gasteiger partial charge in [-0.2, -0.15) is 0 Å². The molecule has 0 aromatic rings. The third-order valence-electron chi connectivity index (χ3n) is 1.41. The minimum absolute atomic E-state index is 1.13. The summed E-state index contributed by atoms with van der Waals surface area (Å²) in [5, 5.41) is 0. The predicted octanol–water partition coefficient (Wildman–Crippen LogP) is 7.58. The van der Waals surface area contributed by atoms with E-state index in [1.54, 1.807) is 0 Å². The van der Waals surface area contributed by atoms with Crippen LogP contribution in [0, 0.1) is 0 Å². The third kappa shape index (κ3) is 45.5. The first-order chi connectivity index (χ1) is 8.70. The summed E-state index contributed by atoms with van der Waals surface area (Å²) >= 11 is 0. The Balaban J connectivity index is -0.0000000596. The lowest BCUT2D eigenvalue weighted by Gasteiger charge is -1.93. The van der Waals surface area contributed by atoms with Crippen LogP contribution < -0.4 is 0 Å². The highest BCUT2D eigenvalue weighted by atomic mass is 13.9. The largest absolute Gasteiger partial charge is 0.0991 e. The van der Waals surface area contributed by atoms with Crippen LogP contribution in [0.2, 0.25) is 0 Å². The van der Waals surface area contributed by atoms with E-state index in [4.69, 9.17) is 0 Å². The molecule has 0 rings (SSSR count). The summed E-state index contributed by atoms with van der Waals surface area (Å²) in [5.41, 5.74) is 2.69. The van der Waals surface area contributed by atoms with Crippen LogP contribution in [0.1, 0.15) is 82.6 Å². The second kappa shape index (κ2) is 44.2. The molecular weight excluding hydrogens is 216 g/mol. The first kappa shape index (κ1) is 30.3. The average Bonchev–Trinajstić information content (AvgIpc) is 2.47. The van der Waals surface area contributed by atoms with Gasteiger partial charge in [0.2, 0.25) is 0 Å². The summed E-state index contributed by atoms with van der Waals surface area (Å²) in [6.07, 6.45) is 7.14. The van der Waals surface area contributed by atoms with Crippen molar-refractivity contribution < 1.29 is 0 Å². The lowest BCUT2D eigenvalue weighted by molar-refractivity contribution is 1.09. The Kier molecular flexibility index (Phi) is 74.5. The topological polar surface area (TPSA) is 0 Å². The van der Waals surface area contributed by atoms with Crippen molar-refractivity contribution in [3.63, 3.8) is 0 Å². The van der Waals surface area contributed by atoms with Crippen molar-refractivity contribution >= 4 is 0 Å². The molecule has 0 fully saturated rings. The molecular formula is C18H40. The first-order valence-electron chi connectivity index (χ1n) is 7.67. The molecule has 0 radical (unpaired) electrons. The molecule has 0 aliphatic carbocycles. The maximum Gasteiger partial charge on any atom is -0.0348 e. The molecule has 0 N–H and O–H groups in total. The van der Waals surface area contributed by atoms with E-state index in [1.807, 2.05) is 67.5 Å². The molecule has 18 heavy (non-hydrogen) atoms. The minimum atomic E-state index is 1.13. The van der Waals surface area contributed by atoms with Crippen LogP contribution in [0.3, 0.4) is 0 Å². The SMILES string of the molecule is C=C/C=C(C)\C=C(\C)CC.CC.CC.CC.CC. The molecule has 0 spiro atoms. The standard InChI is InChI=1S/C10H16.4C2H6/c1-5-7-10(4)8-9(3)6-2;4*1-2/h5,7-8H,1,6H2,2-4H3;4*1-2H3/b9-8-,10-7-;;;;. The quantitative estimate of drug-likeness (QED) is 0.456. The van der Waals surface area contributed by atoms with Crippen molar-refractivity contribution in [3.8, 4) is 0 Å². The summed E-state index contributed by atoms with van der Waals surface area (Å²) in [7, 11) is 0. The zero-order valence-corrected chi connectivity index (χ0v) is 15.1. The van der Waals surface area contributed by atoms with E-state index in [2.05, 4.69) is 33.4 Å². The first-order valence-corrected chi connectivity index (χ1v) is 7.67. The summed E-state index contributed by atoms with van der Waals surface area (Å²) < 4.78 is 0. The lowest BCUT2D eigenvalue weighted by Crippen LogP contribution is -1.73. The number of hydrogen-bond donors (Lipinski definition) is 0. The smallest absolute Gasteiger partial charge is 0.0348 e. The van der Waals surface area contributed by atoms with Crippen molar-refractivity contribution in [2.24, 2.45) is 0 Å². The van der Waals surface area contributed by atoms with Gasteiger partial charge in [-0.15, -0.1) is 0 Å². The molecule has 0 aliphatic heterocycles. The average molecular weight is 257 g/mol. The molecule has 0 heteroatoms. The second-order valence-electron chi connectivity index (χ2n) is 2.49. The highest BCUT2D eigenvalue weighted by Crippen LogP contribution is 2.04. The Bertz CT molecular complexity index is 159. The van der Waals surface area contributed by atoms with Gasteiger partial charge in [-0.3, -0.25) is 0 Å². The van der Waals surface area contributed by atoms with Crippen molar-refractivity contribution in [2.45, 2.75) is 82.6 Å². The van der Waals surface area contributed by atoms with Crippen LogP contribution in [-0.4, -0.2) is 0 Å². The third-order valence-corrected chi connectivity index (χ3v) is 1.41. The van der Waals surface area contributed by atoms with Crippen molar-refractivity contribution in [3.05, 3.63) is 36.0 Å². The van der Waals surface area contributed by atoms with Crippen molar-refractivity contribution in [1.82, 2.24) is 0 Å². The molecule has 0 aliphatic rings. The van der Waals surface area contributed by atoms with E-state index in [9.17, 15) is 0 Å². The van der Waals surface area contributed by atoms with Gasteiger partial charge in [0.1, 0.15) is 0 Å². The fourth-order valence-corrected chi connectivity index (χ4v) is 0.725. The van der Waals surface area contributed by atoms with E-state index in [0.29, 0.717) is 0 Å². The number of rotatable bonds is 3. The van der Waals surface area contributed by atoms with Gasteiger partial charge in [-0.25, -0.2) is 0 Å².